The number of carbonyl (C=O) groups is 1. The molecule has 6 heteroatoms. The van der Waals surface area contributed by atoms with Gasteiger partial charge in [0.1, 0.15) is 5.75 Å². The third-order valence-corrected chi connectivity index (χ3v) is 4.92. The molecule has 0 aliphatic rings. The number of imidazole rings is 1. The average Bonchev–Trinajstić information content (AvgIpc) is 3.19. The number of rotatable bonds is 6. The summed E-state index contributed by atoms with van der Waals surface area (Å²) in [6.07, 6.45) is 6.22. The zero-order chi connectivity index (χ0) is 20.2. The standard InChI is InChI=1S/C23H22N4O2/c1-3-18(16-8-5-4-6-9-16)22(28)25-19-14-17(10-11-21(19)29-2)20-15-27-13-7-12-24-23(27)26-20/h4-15,18H,3H2,1-2H3,(H,25,28)/t18-/m0/s1. The molecule has 29 heavy (non-hydrogen) atoms. The lowest BCUT2D eigenvalue weighted by Gasteiger charge is -2.17. The van der Waals surface area contributed by atoms with Crippen molar-refractivity contribution in [3.8, 4) is 17.0 Å². The highest BCUT2D eigenvalue weighted by Gasteiger charge is 2.20. The lowest BCUT2D eigenvalue weighted by atomic mass is 9.95. The van der Waals surface area contributed by atoms with E-state index in [2.05, 4.69) is 15.3 Å². The molecule has 0 unspecified atom stereocenters. The lowest BCUT2D eigenvalue weighted by Crippen LogP contribution is -2.21. The molecule has 0 fully saturated rings. The monoisotopic (exact) mass is 386 g/mol. The third kappa shape index (κ3) is 3.82. The third-order valence-electron chi connectivity index (χ3n) is 4.92. The molecule has 1 amide bonds. The van der Waals surface area contributed by atoms with Crippen molar-refractivity contribution >= 4 is 17.4 Å². The summed E-state index contributed by atoms with van der Waals surface area (Å²) in [6.45, 7) is 2.01. The van der Waals surface area contributed by atoms with Crippen LogP contribution in [0.2, 0.25) is 0 Å². The molecule has 6 nitrogen and oxygen atoms in total. The molecule has 0 aliphatic carbocycles. The van der Waals surface area contributed by atoms with E-state index in [1.165, 1.54) is 0 Å². The van der Waals surface area contributed by atoms with E-state index in [1.54, 1.807) is 13.3 Å². The molecule has 1 atom stereocenters. The van der Waals surface area contributed by atoms with Crippen molar-refractivity contribution in [2.75, 3.05) is 12.4 Å². The molecule has 2 aromatic carbocycles. The van der Waals surface area contributed by atoms with Gasteiger partial charge in [0.2, 0.25) is 11.7 Å². The Hall–Kier alpha value is -3.67. The van der Waals surface area contributed by atoms with E-state index in [1.807, 2.05) is 78.3 Å². The molecular formula is C23H22N4O2. The molecule has 2 aromatic heterocycles. The second kappa shape index (κ2) is 8.14. The highest BCUT2D eigenvalue weighted by molar-refractivity contribution is 5.97. The van der Waals surface area contributed by atoms with Crippen LogP contribution in [-0.4, -0.2) is 27.4 Å². The SMILES string of the molecule is CC[C@H](C(=O)Nc1cc(-c2cn3cccnc3n2)ccc1OC)c1ccccc1. The fraction of sp³-hybridized carbons (Fsp3) is 0.174. The zero-order valence-electron chi connectivity index (χ0n) is 16.4. The van der Waals surface area contributed by atoms with Gasteiger partial charge in [0.05, 0.1) is 24.4 Å². The maximum Gasteiger partial charge on any atom is 0.234 e. The Balaban J connectivity index is 1.65. The van der Waals surface area contributed by atoms with Gasteiger partial charge in [-0.2, -0.15) is 0 Å². The summed E-state index contributed by atoms with van der Waals surface area (Å²) in [5.74, 6) is 0.931. The predicted molar refractivity (Wildman–Crippen MR) is 113 cm³/mol. The highest BCUT2D eigenvalue weighted by Crippen LogP contribution is 2.32. The molecule has 0 aliphatic heterocycles. The first-order valence-corrected chi connectivity index (χ1v) is 9.53. The van der Waals surface area contributed by atoms with Crippen LogP contribution in [0.5, 0.6) is 5.75 Å². The number of benzene rings is 2. The van der Waals surface area contributed by atoms with Gasteiger partial charge in [0, 0.05) is 24.2 Å². The Morgan fingerprint density at radius 3 is 2.72 bits per heavy atom. The maximum absolute atomic E-state index is 13.0. The Bertz CT molecular complexity index is 1110. The van der Waals surface area contributed by atoms with Crippen molar-refractivity contribution in [1.29, 1.82) is 0 Å². The number of fused-ring (bicyclic) bond motifs is 1. The van der Waals surface area contributed by atoms with Crippen LogP contribution in [0, 0.1) is 0 Å². The minimum Gasteiger partial charge on any atom is -0.495 e. The molecule has 0 spiro atoms. The first-order valence-electron chi connectivity index (χ1n) is 9.53. The van der Waals surface area contributed by atoms with Crippen LogP contribution in [0.1, 0.15) is 24.8 Å². The summed E-state index contributed by atoms with van der Waals surface area (Å²) in [5.41, 5.74) is 3.26. The van der Waals surface area contributed by atoms with Gasteiger partial charge >= 0.3 is 0 Å². The summed E-state index contributed by atoms with van der Waals surface area (Å²) in [4.78, 5) is 21.8. The van der Waals surface area contributed by atoms with E-state index in [4.69, 9.17) is 4.74 Å². The van der Waals surface area contributed by atoms with Gasteiger partial charge < -0.3 is 10.1 Å². The van der Waals surface area contributed by atoms with E-state index in [9.17, 15) is 4.79 Å². The van der Waals surface area contributed by atoms with Gasteiger partial charge in [0.25, 0.3) is 0 Å². The Labute approximate surface area is 169 Å². The number of aromatic nitrogens is 3. The predicted octanol–water partition coefficient (Wildman–Crippen LogP) is 4.54. The van der Waals surface area contributed by atoms with Gasteiger partial charge in [-0.15, -0.1) is 0 Å². The fourth-order valence-electron chi connectivity index (χ4n) is 3.41. The maximum atomic E-state index is 13.0. The number of anilines is 1. The first-order chi connectivity index (χ1) is 14.2. The van der Waals surface area contributed by atoms with E-state index < -0.39 is 0 Å². The summed E-state index contributed by atoms with van der Waals surface area (Å²) >= 11 is 0. The topological polar surface area (TPSA) is 68.5 Å². The number of methoxy groups -OCH3 is 1. The second-order valence-electron chi connectivity index (χ2n) is 6.73. The summed E-state index contributed by atoms with van der Waals surface area (Å²) < 4.78 is 7.32. The largest absolute Gasteiger partial charge is 0.495 e. The average molecular weight is 386 g/mol. The van der Waals surface area contributed by atoms with Crippen molar-refractivity contribution in [2.24, 2.45) is 0 Å². The molecule has 1 N–H and O–H groups in total. The molecule has 0 radical (unpaired) electrons. The number of amides is 1. The van der Waals surface area contributed by atoms with Crippen molar-refractivity contribution in [3.05, 3.63) is 78.8 Å². The Kier molecular flexibility index (Phi) is 5.24. The molecule has 146 valence electrons. The molecule has 2 heterocycles. The highest BCUT2D eigenvalue weighted by atomic mass is 16.5. The normalized spacial score (nSPS) is 11.9. The van der Waals surface area contributed by atoms with Gasteiger partial charge in [-0.25, -0.2) is 9.97 Å². The lowest BCUT2D eigenvalue weighted by molar-refractivity contribution is -0.117. The van der Waals surface area contributed by atoms with Crippen LogP contribution >= 0.6 is 0 Å². The van der Waals surface area contributed by atoms with Gasteiger partial charge in [-0.1, -0.05) is 37.3 Å². The van der Waals surface area contributed by atoms with Crippen molar-refractivity contribution in [3.63, 3.8) is 0 Å². The van der Waals surface area contributed by atoms with Crippen LogP contribution < -0.4 is 10.1 Å². The fourth-order valence-corrected chi connectivity index (χ4v) is 3.41. The van der Waals surface area contributed by atoms with Gasteiger partial charge in [-0.05, 0) is 36.2 Å². The van der Waals surface area contributed by atoms with E-state index in [0.29, 0.717) is 23.6 Å². The van der Waals surface area contributed by atoms with Crippen LogP contribution in [0.15, 0.2) is 73.2 Å². The molecular weight excluding hydrogens is 364 g/mol. The molecule has 0 saturated heterocycles. The first kappa shape index (κ1) is 18.7. The molecule has 4 aromatic rings. The Morgan fingerprint density at radius 1 is 1.17 bits per heavy atom. The molecule has 4 rings (SSSR count). The van der Waals surface area contributed by atoms with Crippen molar-refractivity contribution in [2.45, 2.75) is 19.3 Å². The smallest absolute Gasteiger partial charge is 0.234 e. The molecule has 0 saturated carbocycles. The van der Waals surface area contributed by atoms with Crippen LogP contribution in [0.25, 0.3) is 17.0 Å². The Morgan fingerprint density at radius 2 is 2.00 bits per heavy atom. The zero-order valence-corrected chi connectivity index (χ0v) is 16.4. The number of ether oxygens (including phenoxy) is 1. The van der Waals surface area contributed by atoms with Crippen molar-refractivity contribution in [1.82, 2.24) is 14.4 Å². The number of hydrogen-bond donors (Lipinski definition) is 1. The quantitative estimate of drug-likeness (QED) is 0.528. The number of hydrogen-bond acceptors (Lipinski definition) is 4. The van der Waals surface area contributed by atoms with E-state index >= 15 is 0 Å². The summed E-state index contributed by atoms with van der Waals surface area (Å²) in [5, 5.41) is 3.04. The minimum atomic E-state index is -0.232. The van der Waals surface area contributed by atoms with Crippen LogP contribution in [0.3, 0.4) is 0 Å². The second-order valence-corrected chi connectivity index (χ2v) is 6.73. The van der Waals surface area contributed by atoms with Crippen molar-refractivity contribution < 1.29 is 9.53 Å². The minimum absolute atomic E-state index is 0.0641. The summed E-state index contributed by atoms with van der Waals surface area (Å²) in [7, 11) is 1.59. The van der Waals surface area contributed by atoms with Gasteiger partial charge in [-0.3, -0.25) is 9.20 Å². The van der Waals surface area contributed by atoms with Gasteiger partial charge in [0.15, 0.2) is 0 Å². The van der Waals surface area contributed by atoms with Crippen LogP contribution in [-0.2, 0) is 4.79 Å². The van der Waals surface area contributed by atoms with E-state index in [-0.39, 0.29) is 11.8 Å². The van der Waals surface area contributed by atoms with Crippen LogP contribution in [0.4, 0.5) is 5.69 Å². The van der Waals surface area contributed by atoms with E-state index in [0.717, 1.165) is 16.8 Å². The number of nitrogens with one attached hydrogen (secondary N) is 1. The molecule has 0 bridgehead atoms. The number of nitrogens with zero attached hydrogens (tertiary/aromatic N) is 3. The number of carbonyl (C=O) groups excluding carboxylic acids is 1. The summed E-state index contributed by atoms with van der Waals surface area (Å²) in [6, 6.07) is 17.3.